The van der Waals surface area contributed by atoms with Crippen molar-refractivity contribution in [3.05, 3.63) is 66.9 Å². The van der Waals surface area contributed by atoms with E-state index in [1.807, 2.05) is 61.5 Å². The minimum Gasteiger partial charge on any atom is -0.497 e. The summed E-state index contributed by atoms with van der Waals surface area (Å²) in [6.07, 6.45) is 3.42. The van der Waals surface area contributed by atoms with Crippen LogP contribution in [0.5, 0.6) is 11.5 Å². The SMILES string of the molecule is COc1ccc(O/C=C/[C@@]23O[C@@H](C[C@@H]2O[Si](C)(C)C(C)(C)C)[C@](C)(Sc2ccccc2)C3=O)cc1. The number of Topliss-reactive ketones (excluding diaryl/α,β-unsaturated/α-hetero) is 1. The average Bonchev–Trinajstić information content (AvgIpc) is 3.26. The van der Waals surface area contributed by atoms with E-state index in [4.69, 9.17) is 18.6 Å². The van der Waals surface area contributed by atoms with Crippen LogP contribution in [0, 0.1) is 0 Å². The van der Waals surface area contributed by atoms with Gasteiger partial charge >= 0.3 is 0 Å². The molecule has 0 spiro atoms. The van der Waals surface area contributed by atoms with Crippen molar-refractivity contribution in [1.82, 2.24) is 0 Å². The fourth-order valence-corrected chi connectivity index (χ4v) is 7.05. The molecule has 2 aromatic rings. The van der Waals surface area contributed by atoms with Crippen molar-refractivity contribution in [1.29, 1.82) is 0 Å². The first-order valence-corrected chi connectivity index (χ1v) is 15.8. The fraction of sp³-hybridized carbons (Fsp3) is 0.464. The molecule has 0 aromatic heterocycles. The second-order valence-corrected chi connectivity index (χ2v) is 17.2. The first-order valence-electron chi connectivity index (χ1n) is 12.0. The first kappa shape index (κ1) is 26.0. The van der Waals surface area contributed by atoms with Crippen LogP contribution in [-0.4, -0.2) is 43.8 Å². The zero-order chi connectivity index (χ0) is 25.5. The molecule has 0 saturated carbocycles. The Labute approximate surface area is 214 Å². The van der Waals surface area contributed by atoms with Gasteiger partial charge in [-0.3, -0.25) is 4.79 Å². The summed E-state index contributed by atoms with van der Waals surface area (Å²) in [4.78, 5) is 15.2. The number of fused-ring (bicyclic) bond motifs is 2. The first-order chi connectivity index (χ1) is 16.4. The molecule has 35 heavy (non-hydrogen) atoms. The summed E-state index contributed by atoms with van der Waals surface area (Å²) >= 11 is 1.58. The molecule has 5 nitrogen and oxygen atoms in total. The van der Waals surface area contributed by atoms with Crippen LogP contribution in [-0.2, 0) is 14.0 Å². The highest BCUT2D eigenvalue weighted by molar-refractivity contribution is 8.01. The van der Waals surface area contributed by atoms with Crippen molar-refractivity contribution in [3.63, 3.8) is 0 Å². The number of hydrogen-bond acceptors (Lipinski definition) is 6. The van der Waals surface area contributed by atoms with E-state index in [0.29, 0.717) is 12.2 Å². The van der Waals surface area contributed by atoms with Gasteiger partial charge in [0.15, 0.2) is 19.7 Å². The summed E-state index contributed by atoms with van der Waals surface area (Å²) < 4.78 is 23.7. The number of benzene rings is 2. The fourth-order valence-electron chi connectivity index (χ4n) is 4.40. The van der Waals surface area contributed by atoms with Crippen molar-refractivity contribution in [2.24, 2.45) is 0 Å². The molecule has 188 valence electrons. The number of ether oxygens (including phenoxy) is 3. The van der Waals surface area contributed by atoms with Gasteiger partial charge in [0.1, 0.15) is 16.2 Å². The molecule has 4 rings (SSSR count). The zero-order valence-corrected chi connectivity index (χ0v) is 23.5. The second kappa shape index (κ2) is 9.43. The molecule has 0 radical (unpaired) electrons. The number of rotatable bonds is 8. The van der Waals surface area contributed by atoms with Crippen molar-refractivity contribution in [2.75, 3.05) is 7.11 Å². The third-order valence-corrected chi connectivity index (χ3v) is 13.4. The van der Waals surface area contributed by atoms with Crippen molar-refractivity contribution in [3.8, 4) is 11.5 Å². The topological polar surface area (TPSA) is 54.0 Å². The molecule has 0 aliphatic carbocycles. The molecule has 2 saturated heterocycles. The van der Waals surface area contributed by atoms with Gasteiger partial charge in [0, 0.05) is 11.3 Å². The lowest BCUT2D eigenvalue weighted by atomic mass is 9.78. The zero-order valence-electron chi connectivity index (χ0n) is 21.7. The van der Waals surface area contributed by atoms with E-state index in [0.717, 1.165) is 10.6 Å². The highest BCUT2D eigenvalue weighted by Crippen LogP contribution is 2.57. The minimum atomic E-state index is -2.15. The van der Waals surface area contributed by atoms with E-state index >= 15 is 0 Å². The van der Waals surface area contributed by atoms with Gasteiger partial charge in [0.25, 0.3) is 0 Å². The Morgan fingerprint density at radius 3 is 2.29 bits per heavy atom. The number of methoxy groups -OCH3 is 1. The Hall–Kier alpha value is -2.06. The third-order valence-electron chi connectivity index (χ3n) is 7.56. The van der Waals surface area contributed by atoms with E-state index in [1.165, 1.54) is 0 Å². The van der Waals surface area contributed by atoms with Gasteiger partial charge in [0.2, 0.25) is 0 Å². The maximum atomic E-state index is 14.2. The van der Waals surface area contributed by atoms with Gasteiger partial charge in [0.05, 0.1) is 25.6 Å². The summed E-state index contributed by atoms with van der Waals surface area (Å²) in [5, 5.41) is 0.0183. The Balaban J connectivity index is 1.63. The van der Waals surface area contributed by atoms with Crippen LogP contribution in [0.1, 0.15) is 34.1 Å². The van der Waals surface area contributed by atoms with Crippen LogP contribution in [0.2, 0.25) is 18.1 Å². The van der Waals surface area contributed by atoms with Gasteiger partial charge in [-0.2, -0.15) is 0 Å². The van der Waals surface area contributed by atoms with Gasteiger partial charge in [-0.15, -0.1) is 11.8 Å². The Bertz CT molecular complexity index is 1080. The number of carbonyl (C=O) groups is 1. The predicted molar refractivity (Wildman–Crippen MR) is 143 cm³/mol. The number of carbonyl (C=O) groups excluding carboxylic acids is 1. The molecule has 2 bridgehead atoms. The van der Waals surface area contributed by atoms with Crippen LogP contribution >= 0.6 is 11.8 Å². The molecule has 7 heteroatoms. The lowest BCUT2D eigenvalue weighted by molar-refractivity contribution is -0.132. The van der Waals surface area contributed by atoms with E-state index in [2.05, 4.69) is 33.9 Å². The average molecular weight is 513 g/mol. The minimum absolute atomic E-state index is 0.0183. The molecular weight excluding hydrogens is 476 g/mol. The van der Waals surface area contributed by atoms with Crippen LogP contribution in [0.15, 0.2) is 71.8 Å². The van der Waals surface area contributed by atoms with Gasteiger partial charge < -0.3 is 18.6 Å². The molecular formula is C28H36O5SSi. The summed E-state index contributed by atoms with van der Waals surface area (Å²) in [6.45, 7) is 13.1. The quantitative estimate of drug-likeness (QED) is 0.292. The van der Waals surface area contributed by atoms with E-state index in [1.54, 1.807) is 31.2 Å². The monoisotopic (exact) mass is 512 g/mol. The standard InChI is InChI=1S/C28H36O5SSi/c1-26(2,3)35(6,7)33-24-19-23-27(4,34-22-11-9-8-10-12-22)25(29)28(24,32-23)17-18-31-21-15-13-20(30-5)14-16-21/h8-18,23-24H,19H2,1-7H3/b18-17+/t23-,24-,27-,28+/m0/s1. The van der Waals surface area contributed by atoms with Crippen molar-refractivity contribution in [2.45, 2.75) is 79.7 Å². The molecule has 0 amide bonds. The molecule has 2 aromatic carbocycles. The van der Waals surface area contributed by atoms with Crippen LogP contribution in [0.4, 0.5) is 0 Å². The molecule has 2 heterocycles. The Morgan fingerprint density at radius 2 is 1.69 bits per heavy atom. The predicted octanol–water partition coefficient (Wildman–Crippen LogP) is 6.64. The van der Waals surface area contributed by atoms with Crippen LogP contribution < -0.4 is 9.47 Å². The van der Waals surface area contributed by atoms with Gasteiger partial charge in [-0.05, 0) is 67.5 Å². The van der Waals surface area contributed by atoms with Gasteiger partial charge in [-0.25, -0.2) is 0 Å². The Morgan fingerprint density at radius 1 is 1.06 bits per heavy atom. The highest BCUT2D eigenvalue weighted by Gasteiger charge is 2.70. The number of thioether (sulfide) groups is 1. The molecule has 2 aliphatic rings. The van der Waals surface area contributed by atoms with E-state index in [9.17, 15) is 4.79 Å². The largest absolute Gasteiger partial charge is 0.497 e. The lowest BCUT2D eigenvalue weighted by Gasteiger charge is -2.43. The van der Waals surface area contributed by atoms with Crippen LogP contribution in [0.25, 0.3) is 0 Å². The third kappa shape index (κ3) is 4.84. The highest BCUT2D eigenvalue weighted by atomic mass is 32.2. The second-order valence-electron chi connectivity index (χ2n) is 10.9. The summed E-state index contributed by atoms with van der Waals surface area (Å²) in [6, 6.07) is 17.4. The van der Waals surface area contributed by atoms with E-state index in [-0.39, 0.29) is 23.0 Å². The maximum absolute atomic E-state index is 14.2. The normalized spacial score (nSPS) is 28.6. The van der Waals surface area contributed by atoms with Gasteiger partial charge in [-0.1, -0.05) is 39.0 Å². The summed E-state index contributed by atoms with van der Waals surface area (Å²) in [7, 11) is -0.519. The van der Waals surface area contributed by atoms with Crippen molar-refractivity contribution < 1.29 is 23.4 Å². The Kier molecular flexibility index (Phi) is 7.01. The maximum Gasteiger partial charge on any atom is 0.192 e. The molecule has 2 fully saturated rings. The number of ketones is 1. The summed E-state index contributed by atoms with van der Waals surface area (Å²) in [5.74, 6) is 1.44. The molecule has 4 atom stereocenters. The lowest BCUT2D eigenvalue weighted by Crippen LogP contribution is -2.58. The van der Waals surface area contributed by atoms with Crippen molar-refractivity contribution >= 4 is 25.9 Å². The molecule has 0 unspecified atom stereocenters. The summed E-state index contributed by atoms with van der Waals surface area (Å²) in [5.41, 5.74) is -1.18. The molecule has 0 N–H and O–H groups in total. The van der Waals surface area contributed by atoms with Crippen LogP contribution in [0.3, 0.4) is 0 Å². The molecule has 2 aliphatic heterocycles. The smallest absolute Gasteiger partial charge is 0.192 e. The number of hydrogen-bond donors (Lipinski definition) is 0. The van der Waals surface area contributed by atoms with E-state index < -0.39 is 18.7 Å².